The van der Waals surface area contributed by atoms with E-state index in [4.69, 9.17) is 0 Å². The number of hydrogen-bond donors (Lipinski definition) is 1. The summed E-state index contributed by atoms with van der Waals surface area (Å²) in [6, 6.07) is 3.75. The summed E-state index contributed by atoms with van der Waals surface area (Å²) in [7, 11) is 0. The lowest BCUT2D eigenvalue weighted by Crippen LogP contribution is -2.44. The van der Waals surface area contributed by atoms with Crippen molar-refractivity contribution in [3.8, 4) is 6.07 Å². The number of aromatic amines is 1. The van der Waals surface area contributed by atoms with Crippen LogP contribution >= 0.6 is 0 Å². The Hall–Kier alpha value is -2.68. The van der Waals surface area contributed by atoms with Crippen molar-refractivity contribution in [2.24, 2.45) is 5.41 Å². The third-order valence-corrected chi connectivity index (χ3v) is 5.90. The van der Waals surface area contributed by atoms with Crippen LogP contribution in [0.5, 0.6) is 0 Å². The van der Waals surface area contributed by atoms with E-state index in [2.05, 4.69) is 20.9 Å². The summed E-state index contributed by atoms with van der Waals surface area (Å²) in [6.07, 6.45) is 7.59. The van der Waals surface area contributed by atoms with Gasteiger partial charge in [-0.3, -0.25) is 14.6 Å². The molecule has 2 aromatic rings. The Morgan fingerprint density at radius 1 is 1.32 bits per heavy atom. The number of Topliss-reactive ketones (excluding diaryl/α,β-unsaturated/α-hetero) is 1. The topological polar surface area (TPSA) is 89.9 Å². The first-order valence-electron chi connectivity index (χ1n) is 8.75. The van der Waals surface area contributed by atoms with Crippen LogP contribution in [0.15, 0.2) is 17.1 Å². The largest absolute Gasteiger partial charge is 0.370 e. The number of hydrogen-bond acceptors (Lipinski definition) is 5. The molecule has 1 aliphatic carbocycles. The summed E-state index contributed by atoms with van der Waals surface area (Å²) in [5.74, 6) is -0.135. The standard InChI is InChI=1S/C19H20N4O2/c1-12(24)15-9-13-16(11-21-15)22-18(25)14(10-20)17(13)23-7-5-19(6-8-23)3-2-4-19/h9,11H,2-8H2,1H3,(H,22,25). The average molecular weight is 336 g/mol. The molecule has 3 heterocycles. The lowest BCUT2D eigenvalue weighted by atomic mass is 9.63. The minimum absolute atomic E-state index is 0.123. The van der Waals surface area contributed by atoms with Gasteiger partial charge in [0.2, 0.25) is 0 Å². The zero-order valence-electron chi connectivity index (χ0n) is 14.3. The fourth-order valence-electron chi connectivity index (χ4n) is 4.18. The predicted molar refractivity (Wildman–Crippen MR) is 94.8 cm³/mol. The van der Waals surface area contributed by atoms with E-state index in [1.807, 2.05) is 0 Å². The molecule has 0 amide bonds. The van der Waals surface area contributed by atoms with Crippen LogP contribution < -0.4 is 10.5 Å². The highest BCUT2D eigenvalue weighted by Gasteiger charge is 2.40. The van der Waals surface area contributed by atoms with Crippen molar-refractivity contribution in [3.63, 3.8) is 0 Å². The number of nitriles is 1. The van der Waals surface area contributed by atoms with Crippen LogP contribution in [-0.4, -0.2) is 28.8 Å². The van der Waals surface area contributed by atoms with Crippen molar-refractivity contribution in [2.45, 2.75) is 39.0 Å². The summed E-state index contributed by atoms with van der Waals surface area (Å²) >= 11 is 0. The molecule has 0 radical (unpaired) electrons. The Bertz CT molecular complexity index is 956. The molecule has 6 nitrogen and oxygen atoms in total. The second-order valence-electron chi connectivity index (χ2n) is 7.30. The first-order valence-corrected chi connectivity index (χ1v) is 8.75. The maximum atomic E-state index is 12.3. The van der Waals surface area contributed by atoms with Gasteiger partial charge in [-0.25, -0.2) is 0 Å². The van der Waals surface area contributed by atoms with Crippen LogP contribution in [0.3, 0.4) is 0 Å². The minimum Gasteiger partial charge on any atom is -0.370 e. The van der Waals surface area contributed by atoms with Gasteiger partial charge in [-0.2, -0.15) is 5.26 Å². The van der Waals surface area contributed by atoms with Crippen molar-refractivity contribution in [3.05, 3.63) is 33.9 Å². The molecule has 1 saturated heterocycles. The number of aromatic nitrogens is 2. The van der Waals surface area contributed by atoms with Crippen LogP contribution in [0.1, 0.15) is 55.1 Å². The molecule has 1 spiro atoms. The van der Waals surface area contributed by atoms with Crippen LogP contribution in [0.4, 0.5) is 5.69 Å². The van der Waals surface area contributed by atoms with Gasteiger partial charge in [0.25, 0.3) is 5.56 Å². The number of fused-ring (bicyclic) bond motifs is 1. The number of nitrogens with one attached hydrogen (secondary N) is 1. The monoisotopic (exact) mass is 336 g/mol. The van der Waals surface area contributed by atoms with E-state index < -0.39 is 5.56 Å². The third kappa shape index (κ3) is 2.51. The van der Waals surface area contributed by atoms with Gasteiger partial charge in [0, 0.05) is 25.4 Å². The third-order valence-electron chi connectivity index (χ3n) is 5.90. The van der Waals surface area contributed by atoms with Crippen molar-refractivity contribution in [1.29, 1.82) is 5.26 Å². The van der Waals surface area contributed by atoms with Gasteiger partial charge < -0.3 is 9.88 Å². The molecule has 4 rings (SSSR count). The first-order chi connectivity index (χ1) is 12.0. The maximum Gasteiger partial charge on any atom is 0.268 e. The number of anilines is 1. The highest BCUT2D eigenvalue weighted by Crippen LogP contribution is 2.49. The molecule has 128 valence electrons. The number of carbonyl (C=O) groups excluding carboxylic acids is 1. The van der Waals surface area contributed by atoms with Gasteiger partial charge in [-0.1, -0.05) is 6.42 Å². The van der Waals surface area contributed by atoms with Crippen LogP contribution in [-0.2, 0) is 0 Å². The van der Waals surface area contributed by atoms with Gasteiger partial charge in [-0.15, -0.1) is 0 Å². The van der Waals surface area contributed by atoms with Crippen molar-refractivity contribution in [2.75, 3.05) is 18.0 Å². The summed E-state index contributed by atoms with van der Waals surface area (Å²) in [4.78, 5) is 33.0. The van der Waals surface area contributed by atoms with E-state index in [-0.39, 0.29) is 11.3 Å². The molecule has 2 aliphatic rings. The van der Waals surface area contributed by atoms with E-state index >= 15 is 0 Å². The number of rotatable bonds is 2. The molecule has 0 atom stereocenters. The van der Waals surface area contributed by atoms with E-state index in [9.17, 15) is 14.9 Å². The highest BCUT2D eigenvalue weighted by molar-refractivity contribution is 6.00. The van der Waals surface area contributed by atoms with Gasteiger partial charge in [0.05, 0.1) is 17.4 Å². The lowest BCUT2D eigenvalue weighted by Gasteiger charge is -2.48. The summed E-state index contributed by atoms with van der Waals surface area (Å²) in [5, 5.41) is 10.3. The van der Waals surface area contributed by atoms with Gasteiger partial charge >= 0.3 is 0 Å². The molecule has 2 fully saturated rings. The lowest BCUT2D eigenvalue weighted by molar-refractivity contribution is 0.0956. The number of ketones is 1. The average Bonchev–Trinajstić information content (AvgIpc) is 2.59. The Labute approximate surface area is 145 Å². The molecular formula is C19H20N4O2. The molecule has 1 aliphatic heterocycles. The van der Waals surface area contributed by atoms with E-state index in [1.165, 1.54) is 32.4 Å². The Balaban J connectivity index is 1.85. The SMILES string of the molecule is CC(=O)c1cc2c(N3CCC4(CCC4)CC3)c(C#N)c(=O)[nH]c2cn1. The fourth-order valence-corrected chi connectivity index (χ4v) is 4.18. The van der Waals surface area contributed by atoms with Crippen molar-refractivity contribution < 1.29 is 4.79 Å². The molecule has 2 aromatic heterocycles. The Morgan fingerprint density at radius 2 is 2.04 bits per heavy atom. The van der Waals surface area contributed by atoms with Crippen LogP contribution in [0.25, 0.3) is 10.9 Å². The summed E-state index contributed by atoms with van der Waals surface area (Å²) in [5.41, 5.74) is 1.77. The second kappa shape index (κ2) is 5.69. The zero-order chi connectivity index (χ0) is 17.6. The van der Waals surface area contributed by atoms with Gasteiger partial charge in [-0.05, 0) is 37.2 Å². The molecule has 1 N–H and O–H groups in total. The van der Waals surface area contributed by atoms with E-state index in [1.54, 1.807) is 6.07 Å². The van der Waals surface area contributed by atoms with Crippen molar-refractivity contribution >= 4 is 22.4 Å². The number of piperidine rings is 1. The van der Waals surface area contributed by atoms with Crippen LogP contribution in [0.2, 0.25) is 0 Å². The second-order valence-corrected chi connectivity index (χ2v) is 7.30. The molecular weight excluding hydrogens is 316 g/mol. The smallest absolute Gasteiger partial charge is 0.268 e. The van der Waals surface area contributed by atoms with Crippen LogP contribution in [0, 0.1) is 16.7 Å². The summed E-state index contributed by atoms with van der Waals surface area (Å²) < 4.78 is 0. The number of H-pyrrole nitrogens is 1. The quantitative estimate of drug-likeness (QED) is 0.852. The number of carbonyl (C=O) groups is 1. The zero-order valence-corrected chi connectivity index (χ0v) is 14.3. The van der Waals surface area contributed by atoms with Gasteiger partial charge in [0.1, 0.15) is 17.3 Å². The number of nitrogens with zero attached hydrogens (tertiary/aromatic N) is 3. The van der Waals surface area contributed by atoms with Crippen molar-refractivity contribution in [1.82, 2.24) is 9.97 Å². The fraction of sp³-hybridized carbons (Fsp3) is 0.474. The molecule has 0 unspecified atom stereocenters. The number of pyridine rings is 2. The first kappa shape index (κ1) is 15.8. The Kier molecular flexibility index (Phi) is 3.60. The molecule has 0 bridgehead atoms. The molecule has 1 saturated carbocycles. The molecule has 25 heavy (non-hydrogen) atoms. The predicted octanol–water partition coefficient (Wildman–Crippen LogP) is 2.77. The summed E-state index contributed by atoms with van der Waals surface area (Å²) in [6.45, 7) is 3.14. The van der Waals surface area contributed by atoms with E-state index in [0.29, 0.717) is 22.3 Å². The molecule has 6 heteroatoms. The maximum absolute atomic E-state index is 12.3. The normalized spacial score (nSPS) is 18.8. The van der Waals surface area contributed by atoms with Gasteiger partial charge in [0.15, 0.2) is 5.78 Å². The molecule has 0 aromatic carbocycles. The van der Waals surface area contributed by atoms with E-state index in [0.717, 1.165) is 31.3 Å². The minimum atomic E-state index is -0.397. The highest BCUT2D eigenvalue weighted by atomic mass is 16.1. The Morgan fingerprint density at radius 3 is 2.60 bits per heavy atom.